The number of rotatable bonds is 11. The number of piperidine rings is 1. The molecular weight excluding hydrogens is 555 g/mol. The third kappa shape index (κ3) is 7.84. The Hall–Kier alpha value is -2.57. The molecule has 3 aromatic rings. The largest absolute Gasteiger partial charge is 0.491 e. The summed E-state index contributed by atoms with van der Waals surface area (Å²) in [6.07, 6.45) is 3.15. The Morgan fingerprint density at radius 2 is 1.63 bits per heavy atom. The van der Waals surface area contributed by atoms with Crippen LogP contribution in [0.2, 0.25) is 10.0 Å². The highest BCUT2D eigenvalue weighted by Gasteiger charge is 2.30. The second kappa shape index (κ2) is 14.6. The highest BCUT2D eigenvalue weighted by Crippen LogP contribution is 2.40. The van der Waals surface area contributed by atoms with Gasteiger partial charge in [-0.2, -0.15) is 0 Å². The summed E-state index contributed by atoms with van der Waals surface area (Å²) in [4.78, 5) is 17.8. The van der Waals surface area contributed by atoms with Crippen LogP contribution in [0.5, 0.6) is 5.75 Å². The van der Waals surface area contributed by atoms with Gasteiger partial charge in [0.05, 0.1) is 22.1 Å². The number of nitrogens with zero attached hydrogens (tertiary/aromatic N) is 2. The van der Waals surface area contributed by atoms with E-state index < -0.39 is 12.1 Å². The molecule has 1 fully saturated rings. The van der Waals surface area contributed by atoms with Crippen molar-refractivity contribution in [2.45, 2.75) is 70.6 Å². The summed E-state index contributed by atoms with van der Waals surface area (Å²) in [5.74, 6) is 0.596. The third-order valence-corrected chi connectivity index (χ3v) is 8.63. The van der Waals surface area contributed by atoms with E-state index in [1.807, 2.05) is 63.4 Å². The highest BCUT2D eigenvalue weighted by molar-refractivity contribution is 6.42. The lowest BCUT2D eigenvalue weighted by molar-refractivity contribution is -0.130. The normalized spacial score (nSPS) is 16.0. The number of likely N-dealkylation sites (N-methyl/N-ethyl adjacent to an activating group) is 1. The Kier molecular flexibility index (Phi) is 11.1. The minimum Gasteiger partial charge on any atom is -0.491 e. The molecule has 220 valence electrons. The Morgan fingerprint density at radius 3 is 2.27 bits per heavy atom. The first-order valence-corrected chi connectivity index (χ1v) is 15.4. The molecule has 5 nitrogen and oxygen atoms in total. The maximum atomic E-state index is 13.9. The zero-order valence-electron chi connectivity index (χ0n) is 24.5. The summed E-state index contributed by atoms with van der Waals surface area (Å²) in [5.41, 5.74) is 3.74. The second-order valence-electron chi connectivity index (χ2n) is 11.3. The molecule has 41 heavy (non-hydrogen) atoms. The zero-order chi connectivity index (χ0) is 29.5. The lowest BCUT2D eigenvalue weighted by Gasteiger charge is -2.36. The van der Waals surface area contributed by atoms with Gasteiger partial charge < -0.3 is 14.7 Å². The number of unbranched alkanes of at least 4 members (excludes halogenated alkanes) is 1. The zero-order valence-corrected chi connectivity index (χ0v) is 26.0. The summed E-state index contributed by atoms with van der Waals surface area (Å²) in [7, 11) is 1.86. The van der Waals surface area contributed by atoms with Crippen LogP contribution in [0.4, 0.5) is 0 Å². The van der Waals surface area contributed by atoms with Crippen LogP contribution in [0.25, 0.3) is 0 Å². The summed E-state index contributed by atoms with van der Waals surface area (Å²) in [6.45, 7) is 8.43. The van der Waals surface area contributed by atoms with E-state index in [1.165, 1.54) is 0 Å². The van der Waals surface area contributed by atoms with Crippen molar-refractivity contribution < 1.29 is 14.6 Å². The molecule has 1 N–H and O–H groups in total. The Balaban J connectivity index is 1.63. The first-order valence-electron chi connectivity index (χ1n) is 14.7. The summed E-state index contributed by atoms with van der Waals surface area (Å²) in [6, 6.07) is 21.5. The molecule has 4 rings (SSSR count). The number of ether oxygens (including phenoxy) is 1. The number of benzene rings is 3. The van der Waals surface area contributed by atoms with Crippen LogP contribution in [0.3, 0.4) is 0 Å². The third-order valence-electron chi connectivity index (χ3n) is 7.89. The summed E-state index contributed by atoms with van der Waals surface area (Å²) >= 11 is 12.6. The van der Waals surface area contributed by atoms with Gasteiger partial charge in [-0.1, -0.05) is 85.1 Å². The van der Waals surface area contributed by atoms with E-state index in [0.717, 1.165) is 66.8 Å². The van der Waals surface area contributed by atoms with E-state index in [4.69, 9.17) is 27.9 Å². The van der Waals surface area contributed by atoms with Gasteiger partial charge in [-0.3, -0.25) is 9.69 Å². The number of halogens is 2. The Morgan fingerprint density at radius 1 is 0.976 bits per heavy atom. The molecule has 2 atom stereocenters. The monoisotopic (exact) mass is 596 g/mol. The first-order chi connectivity index (χ1) is 19.7. The van der Waals surface area contributed by atoms with Crippen molar-refractivity contribution in [2.24, 2.45) is 0 Å². The van der Waals surface area contributed by atoms with Gasteiger partial charge in [0.2, 0.25) is 5.91 Å². The quantitative estimate of drug-likeness (QED) is 0.243. The minimum absolute atomic E-state index is 0.0169. The van der Waals surface area contributed by atoms with Crippen LogP contribution in [0, 0.1) is 0 Å². The fraction of sp³-hybridized carbons (Fsp3) is 0.441. The Labute approximate surface area is 255 Å². The molecule has 7 heteroatoms. The molecule has 1 amide bonds. The standard InChI is InChI=1S/C34H42Cl2N2O3/c1-5-6-18-37(4)34(40)32(26-13-15-29(35)30(36)21-26)27-12-14-28(31(22-27)41-23(2)3)24-16-19-38(20-17-24)33(39)25-10-8-7-9-11-25/h7-15,21-24,32-33,39H,5-6,16-20H2,1-4H3. The van der Waals surface area contributed by atoms with Gasteiger partial charge >= 0.3 is 0 Å². The number of likely N-dealkylation sites (tertiary alicyclic amines) is 1. The van der Waals surface area contributed by atoms with Crippen LogP contribution < -0.4 is 4.74 Å². The van der Waals surface area contributed by atoms with Gasteiger partial charge in [0.15, 0.2) is 0 Å². The van der Waals surface area contributed by atoms with Crippen molar-refractivity contribution in [3.05, 3.63) is 99.0 Å². The molecule has 3 aromatic carbocycles. The molecule has 1 heterocycles. The number of hydrogen-bond acceptors (Lipinski definition) is 4. The minimum atomic E-state index is -0.603. The van der Waals surface area contributed by atoms with Crippen LogP contribution in [-0.2, 0) is 4.79 Å². The van der Waals surface area contributed by atoms with Crippen molar-refractivity contribution >= 4 is 29.1 Å². The predicted molar refractivity (Wildman–Crippen MR) is 168 cm³/mol. The van der Waals surface area contributed by atoms with Gasteiger partial charge in [0.1, 0.15) is 12.0 Å². The number of hydrogen-bond donors (Lipinski definition) is 1. The van der Waals surface area contributed by atoms with E-state index in [0.29, 0.717) is 22.5 Å². The summed E-state index contributed by atoms with van der Waals surface area (Å²) in [5, 5.41) is 11.8. The Bertz CT molecular complexity index is 1290. The average molecular weight is 598 g/mol. The van der Waals surface area contributed by atoms with Crippen LogP contribution >= 0.6 is 23.2 Å². The van der Waals surface area contributed by atoms with E-state index in [9.17, 15) is 9.90 Å². The number of aliphatic hydroxyl groups is 1. The first kappa shape index (κ1) is 31.4. The average Bonchev–Trinajstić information content (AvgIpc) is 2.98. The van der Waals surface area contributed by atoms with Crippen molar-refractivity contribution in [3.8, 4) is 5.75 Å². The maximum Gasteiger partial charge on any atom is 0.234 e. The van der Waals surface area contributed by atoms with Crippen molar-refractivity contribution in [1.82, 2.24) is 9.80 Å². The topological polar surface area (TPSA) is 53.0 Å². The van der Waals surface area contributed by atoms with E-state index in [-0.39, 0.29) is 12.0 Å². The molecule has 1 aliphatic rings. The molecular formula is C34H42Cl2N2O3. The molecule has 0 bridgehead atoms. The molecule has 2 unspecified atom stereocenters. The molecule has 1 aliphatic heterocycles. The van der Waals surface area contributed by atoms with Crippen molar-refractivity contribution in [3.63, 3.8) is 0 Å². The molecule has 0 aromatic heterocycles. The van der Waals surface area contributed by atoms with Crippen LogP contribution in [-0.4, -0.2) is 53.6 Å². The van der Waals surface area contributed by atoms with Gasteiger partial charge in [-0.25, -0.2) is 0 Å². The predicted octanol–water partition coefficient (Wildman–Crippen LogP) is 8.04. The van der Waals surface area contributed by atoms with Crippen molar-refractivity contribution in [2.75, 3.05) is 26.7 Å². The molecule has 0 spiro atoms. The lowest BCUT2D eigenvalue weighted by Crippen LogP contribution is -2.36. The maximum absolute atomic E-state index is 13.9. The fourth-order valence-corrected chi connectivity index (χ4v) is 5.92. The van der Waals surface area contributed by atoms with Crippen LogP contribution in [0.1, 0.15) is 86.8 Å². The van der Waals surface area contributed by atoms with E-state index in [2.05, 4.69) is 24.0 Å². The number of carbonyl (C=O) groups is 1. The number of amides is 1. The molecule has 0 saturated carbocycles. The summed E-state index contributed by atoms with van der Waals surface area (Å²) < 4.78 is 6.38. The number of aliphatic hydroxyl groups excluding tert-OH is 1. The van der Waals surface area contributed by atoms with Crippen LogP contribution in [0.15, 0.2) is 66.7 Å². The van der Waals surface area contributed by atoms with Gasteiger partial charge in [0.25, 0.3) is 0 Å². The smallest absolute Gasteiger partial charge is 0.234 e. The molecule has 0 aliphatic carbocycles. The fourth-order valence-electron chi connectivity index (χ4n) is 5.61. The number of carbonyl (C=O) groups excluding carboxylic acids is 1. The SMILES string of the molecule is CCCCN(C)C(=O)C(c1ccc(Cl)c(Cl)c1)c1ccc(C2CCN(C(O)c3ccccc3)CC2)c(OC(C)C)c1. The van der Waals surface area contributed by atoms with Gasteiger partial charge in [0, 0.05) is 26.7 Å². The second-order valence-corrected chi connectivity index (χ2v) is 12.1. The highest BCUT2D eigenvalue weighted by atomic mass is 35.5. The molecule has 1 saturated heterocycles. The molecule has 0 radical (unpaired) electrons. The van der Waals surface area contributed by atoms with Gasteiger partial charge in [-0.15, -0.1) is 0 Å². The van der Waals surface area contributed by atoms with Crippen molar-refractivity contribution in [1.29, 1.82) is 0 Å². The van der Waals surface area contributed by atoms with E-state index >= 15 is 0 Å². The van der Waals surface area contributed by atoms with E-state index in [1.54, 1.807) is 17.0 Å². The lowest BCUT2D eigenvalue weighted by atomic mass is 9.84. The van der Waals surface area contributed by atoms with Gasteiger partial charge in [-0.05, 0) is 79.5 Å².